The molecule has 0 radical (unpaired) electrons. The van der Waals surface area contributed by atoms with Crippen molar-refractivity contribution in [2.75, 3.05) is 19.3 Å². The molecular formula is C15H17ClN2OS. The Morgan fingerprint density at radius 1 is 1.40 bits per heavy atom. The summed E-state index contributed by atoms with van der Waals surface area (Å²) >= 11 is 7.43. The number of benzene rings is 1. The van der Waals surface area contributed by atoms with E-state index in [-0.39, 0.29) is 10.7 Å². The van der Waals surface area contributed by atoms with E-state index in [0.29, 0.717) is 24.5 Å². The first-order valence-electron chi connectivity index (χ1n) is 6.57. The number of thioether (sulfide) groups is 1. The van der Waals surface area contributed by atoms with Crippen LogP contribution in [0, 0.1) is 11.3 Å². The van der Waals surface area contributed by atoms with Crippen LogP contribution in [0.15, 0.2) is 24.3 Å². The summed E-state index contributed by atoms with van der Waals surface area (Å²) < 4.78 is -0.308. The van der Waals surface area contributed by atoms with Crippen LogP contribution in [0.3, 0.4) is 0 Å². The number of nitrogens with zero attached hydrogens (tertiary/aromatic N) is 2. The first-order chi connectivity index (χ1) is 9.58. The molecule has 1 heterocycles. The molecule has 1 saturated heterocycles. The number of halogens is 1. The van der Waals surface area contributed by atoms with Crippen molar-refractivity contribution in [1.29, 1.82) is 5.26 Å². The zero-order valence-electron chi connectivity index (χ0n) is 11.4. The Balaban J connectivity index is 1.92. The van der Waals surface area contributed by atoms with Crippen LogP contribution in [0.1, 0.15) is 18.4 Å². The van der Waals surface area contributed by atoms with E-state index in [0.717, 1.165) is 18.4 Å². The maximum atomic E-state index is 12.2. The zero-order chi connectivity index (χ0) is 14.6. The summed E-state index contributed by atoms with van der Waals surface area (Å²) in [7, 11) is 0. The van der Waals surface area contributed by atoms with Gasteiger partial charge < -0.3 is 4.90 Å². The smallest absolute Gasteiger partial charge is 0.226 e. The molecule has 1 aliphatic rings. The maximum absolute atomic E-state index is 12.2. The number of hydrogen-bond acceptors (Lipinski definition) is 3. The molecule has 2 rings (SSSR count). The summed E-state index contributed by atoms with van der Waals surface area (Å²) in [6.45, 7) is 1.33. The molecule has 1 aromatic carbocycles. The van der Waals surface area contributed by atoms with E-state index in [1.807, 2.05) is 23.3 Å². The Kier molecular flexibility index (Phi) is 4.95. The van der Waals surface area contributed by atoms with Gasteiger partial charge in [-0.2, -0.15) is 5.26 Å². The Morgan fingerprint density at radius 3 is 2.50 bits per heavy atom. The topological polar surface area (TPSA) is 44.1 Å². The van der Waals surface area contributed by atoms with Crippen LogP contribution in [0.4, 0.5) is 0 Å². The predicted molar refractivity (Wildman–Crippen MR) is 82.8 cm³/mol. The molecule has 1 aromatic rings. The minimum Gasteiger partial charge on any atom is -0.342 e. The molecule has 20 heavy (non-hydrogen) atoms. The third-order valence-corrected chi connectivity index (χ3v) is 5.32. The van der Waals surface area contributed by atoms with E-state index in [4.69, 9.17) is 11.6 Å². The highest BCUT2D eigenvalue weighted by molar-refractivity contribution is 8.00. The van der Waals surface area contributed by atoms with Crippen LogP contribution in [0.5, 0.6) is 0 Å². The molecule has 0 saturated carbocycles. The predicted octanol–water partition coefficient (Wildman–Crippen LogP) is 3.13. The molecule has 5 heteroatoms. The number of likely N-dealkylation sites (tertiary alicyclic amines) is 1. The molecule has 0 bridgehead atoms. The highest BCUT2D eigenvalue weighted by atomic mass is 35.5. The fraction of sp³-hybridized carbons (Fsp3) is 0.467. The quantitative estimate of drug-likeness (QED) is 0.861. The van der Waals surface area contributed by atoms with Gasteiger partial charge in [-0.05, 0) is 36.8 Å². The van der Waals surface area contributed by atoms with E-state index in [9.17, 15) is 10.1 Å². The van der Waals surface area contributed by atoms with Gasteiger partial charge in [-0.1, -0.05) is 23.7 Å². The van der Waals surface area contributed by atoms with E-state index >= 15 is 0 Å². The molecule has 106 valence electrons. The van der Waals surface area contributed by atoms with Gasteiger partial charge in [-0.15, -0.1) is 11.8 Å². The zero-order valence-corrected chi connectivity index (χ0v) is 13.0. The maximum Gasteiger partial charge on any atom is 0.226 e. The number of carbonyl (C=O) groups is 1. The number of amides is 1. The number of carbonyl (C=O) groups excluding carboxylic acids is 1. The van der Waals surface area contributed by atoms with E-state index in [2.05, 4.69) is 6.07 Å². The lowest BCUT2D eigenvalue weighted by Crippen LogP contribution is -2.44. The molecule has 1 amide bonds. The molecule has 3 nitrogen and oxygen atoms in total. The lowest BCUT2D eigenvalue weighted by Gasteiger charge is -2.36. The fourth-order valence-electron chi connectivity index (χ4n) is 2.37. The van der Waals surface area contributed by atoms with Crippen LogP contribution in [0.25, 0.3) is 0 Å². The van der Waals surface area contributed by atoms with Gasteiger partial charge in [-0.3, -0.25) is 4.79 Å². The van der Waals surface area contributed by atoms with Gasteiger partial charge in [-0.25, -0.2) is 0 Å². The number of hydrogen-bond donors (Lipinski definition) is 0. The van der Waals surface area contributed by atoms with Gasteiger partial charge in [0.1, 0.15) is 4.75 Å². The Morgan fingerprint density at radius 2 is 2.00 bits per heavy atom. The normalized spacial score (nSPS) is 17.6. The molecule has 1 fully saturated rings. The standard InChI is InChI=1S/C15H17ClN2OS/c1-20-15(11-17)6-8-18(9-7-15)14(19)10-12-2-4-13(16)5-3-12/h2-5H,6-10H2,1H3. The first kappa shape index (κ1) is 15.2. The van der Waals surface area contributed by atoms with Gasteiger partial charge in [0.25, 0.3) is 0 Å². The van der Waals surface area contributed by atoms with Gasteiger partial charge in [0.15, 0.2) is 0 Å². The van der Waals surface area contributed by atoms with Gasteiger partial charge in [0.05, 0.1) is 12.5 Å². The van der Waals surface area contributed by atoms with Crippen LogP contribution < -0.4 is 0 Å². The van der Waals surface area contributed by atoms with Crippen molar-refractivity contribution in [3.63, 3.8) is 0 Å². The SMILES string of the molecule is CSC1(C#N)CCN(C(=O)Cc2ccc(Cl)cc2)CC1. The molecule has 0 aromatic heterocycles. The van der Waals surface area contributed by atoms with E-state index in [1.165, 1.54) is 0 Å². The van der Waals surface area contributed by atoms with Crippen molar-refractivity contribution in [3.8, 4) is 6.07 Å². The summed E-state index contributed by atoms with van der Waals surface area (Å²) in [5, 5.41) is 9.92. The van der Waals surface area contributed by atoms with E-state index in [1.54, 1.807) is 23.9 Å². The van der Waals surface area contributed by atoms with Crippen LogP contribution in [-0.4, -0.2) is 34.9 Å². The van der Waals surface area contributed by atoms with Crippen LogP contribution in [0.2, 0.25) is 5.02 Å². The Labute approximate surface area is 128 Å². The Hall–Kier alpha value is -1.18. The van der Waals surface area contributed by atoms with Crippen LogP contribution >= 0.6 is 23.4 Å². The molecule has 0 unspecified atom stereocenters. The molecular weight excluding hydrogens is 292 g/mol. The van der Waals surface area contributed by atoms with Crippen molar-refractivity contribution in [2.24, 2.45) is 0 Å². The number of piperidine rings is 1. The van der Waals surface area contributed by atoms with E-state index < -0.39 is 0 Å². The molecule has 0 N–H and O–H groups in total. The van der Waals surface area contributed by atoms with Crippen molar-refractivity contribution < 1.29 is 4.79 Å². The minimum absolute atomic E-state index is 0.125. The summed E-state index contributed by atoms with van der Waals surface area (Å²) in [6.07, 6.45) is 3.86. The van der Waals surface area contributed by atoms with Crippen LogP contribution in [-0.2, 0) is 11.2 Å². The van der Waals surface area contributed by atoms with Crippen molar-refractivity contribution in [2.45, 2.75) is 24.0 Å². The molecule has 0 spiro atoms. The average molecular weight is 309 g/mol. The summed E-state index contributed by atoms with van der Waals surface area (Å²) in [6, 6.07) is 9.75. The van der Waals surface area contributed by atoms with Gasteiger partial charge >= 0.3 is 0 Å². The minimum atomic E-state index is -0.308. The van der Waals surface area contributed by atoms with Crippen molar-refractivity contribution in [1.82, 2.24) is 4.90 Å². The fourth-order valence-corrected chi connectivity index (χ4v) is 3.18. The Bertz CT molecular complexity index is 516. The second-order valence-electron chi connectivity index (χ2n) is 4.99. The molecule has 0 atom stereocenters. The number of nitriles is 1. The summed E-state index contributed by atoms with van der Waals surface area (Å²) in [4.78, 5) is 14.1. The lowest BCUT2D eigenvalue weighted by atomic mass is 9.96. The monoisotopic (exact) mass is 308 g/mol. The summed E-state index contributed by atoms with van der Waals surface area (Å²) in [5.41, 5.74) is 0.974. The highest BCUT2D eigenvalue weighted by Gasteiger charge is 2.35. The third-order valence-electron chi connectivity index (χ3n) is 3.79. The molecule has 0 aliphatic carbocycles. The van der Waals surface area contributed by atoms with Crippen molar-refractivity contribution >= 4 is 29.3 Å². The van der Waals surface area contributed by atoms with Crippen molar-refractivity contribution in [3.05, 3.63) is 34.9 Å². The largest absolute Gasteiger partial charge is 0.342 e. The molecule has 1 aliphatic heterocycles. The lowest BCUT2D eigenvalue weighted by molar-refractivity contribution is -0.131. The number of rotatable bonds is 3. The van der Waals surface area contributed by atoms with Gasteiger partial charge in [0.2, 0.25) is 5.91 Å². The van der Waals surface area contributed by atoms with Gasteiger partial charge in [0, 0.05) is 18.1 Å². The second kappa shape index (κ2) is 6.51. The second-order valence-corrected chi connectivity index (χ2v) is 6.62. The first-order valence-corrected chi connectivity index (χ1v) is 8.17. The highest BCUT2D eigenvalue weighted by Crippen LogP contribution is 2.33. The summed E-state index contributed by atoms with van der Waals surface area (Å²) in [5.74, 6) is 0.125. The third kappa shape index (κ3) is 3.47. The average Bonchev–Trinajstić information content (AvgIpc) is 2.49.